The van der Waals surface area contributed by atoms with Gasteiger partial charge in [-0.15, -0.1) is 0 Å². The van der Waals surface area contributed by atoms with Gasteiger partial charge >= 0.3 is 0 Å². The zero-order chi connectivity index (χ0) is 14.8. The zero-order valence-corrected chi connectivity index (χ0v) is 13.6. The molecule has 0 unspecified atom stereocenters. The molecule has 0 radical (unpaired) electrons. The van der Waals surface area contributed by atoms with Crippen LogP contribution in [-0.2, 0) is 13.0 Å². The van der Waals surface area contributed by atoms with E-state index in [1.807, 2.05) is 20.0 Å². The van der Waals surface area contributed by atoms with Crippen LogP contribution in [0, 0.1) is 6.92 Å². The number of hydrogen-bond donors (Lipinski definition) is 2. The number of aryl methyl sites for hydroxylation is 1. The summed E-state index contributed by atoms with van der Waals surface area (Å²) in [5, 5.41) is 6.30. The molecule has 2 aromatic rings. The predicted molar refractivity (Wildman–Crippen MR) is 87.0 cm³/mol. The molecule has 0 saturated heterocycles. The van der Waals surface area contributed by atoms with Crippen molar-refractivity contribution in [1.29, 1.82) is 0 Å². The molecular formula is C15H17BrN4O. The van der Waals surface area contributed by atoms with Crippen LogP contribution in [0.15, 0.2) is 22.7 Å². The Bertz CT molecular complexity index is 675. The number of hydrogen-bond acceptors (Lipinski definition) is 5. The smallest absolute Gasteiger partial charge is 0.224 e. The molecule has 1 aromatic carbocycles. The number of nitrogens with one attached hydrogen (secondary N) is 2. The van der Waals surface area contributed by atoms with E-state index in [2.05, 4.69) is 48.7 Å². The monoisotopic (exact) mass is 348 g/mol. The molecule has 0 spiro atoms. The molecular weight excluding hydrogens is 332 g/mol. The summed E-state index contributed by atoms with van der Waals surface area (Å²) >= 11 is 3.56. The molecule has 21 heavy (non-hydrogen) atoms. The number of benzene rings is 1. The van der Waals surface area contributed by atoms with Crippen LogP contribution in [0.3, 0.4) is 0 Å². The van der Waals surface area contributed by atoms with E-state index in [0.717, 1.165) is 40.3 Å². The van der Waals surface area contributed by atoms with Gasteiger partial charge in [-0.2, -0.15) is 4.98 Å². The highest BCUT2D eigenvalue weighted by Crippen LogP contribution is 2.33. The first-order chi connectivity index (χ1) is 10.2. The largest absolute Gasteiger partial charge is 0.493 e. The van der Waals surface area contributed by atoms with Gasteiger partial charge in [0.2, 0.25) is 5.95 Å². The van der Waals surface area contributed by atoms with E-state index in [1.165, 1.54) is 5.56 Å². The quantitative estimate of drug-likeness (QED) is 0.888. The molecule has 1 aliphatic rings. The lowest BCUT2D eigenvalue weighted by Gasteiger charge is -2.12. The molecule has 1 aromatic heterocycles. The Kier molecular flexibility index (Phi) is 3.96. The van der Waals surface area contributed by atoms with Gasteiger partial charge in [-0.1, -0.05) is 15.9 Å². The number of anilines is 2. The molecule has 3 rings (SSSR count). The van der Waals surface area contributed by atoms with Crippen molar-refractivity contribution in [3.8, 4) is 5.75 Å². The first-order valence-corrected chi connectivity index (χ1v) is 7.66. The molecule has 1 aliphatic heterocycles. The van der Waals surface area contributed by atoms with E-state index in [9.17, 15) is 0 Å². The first kappa shape index (κ1) is 14.1. The van der Waals surface area contributed by atoms with Crippen molar-refractivity contribution in [3.05, 3.63) is 39.5 Å². The lowest BCUT2D eigenvalue weighted by atomic mass is 10.1. The number of nitrogens with zero attached hydrogens (tertiary/aromatic N) is 2. The molecule has 110 valence electrons. The van der Waals surface area contributed by atoms with E-state index in [1.54, 1.807) is 0 Å². The van der Waals surface area contributed by atoms with Crippen LogP contribution >= 0.6 is 15.9 Å². The van der Waals surface area contributed by atoms with E-state index in [-0.39, 0.29) is 0 Å². The van der Waals surface area contributed by atoms with Crippen molar-refractivity contribution in [3.63, 3.8) is 0 Å². The topological polar surface area (TPSA) is 59.1 Å². The molecule has 5 nitrogen and oxygen atoms in total. The van der Waals surface area contributed by atoms with Crippen LogP contribution in [0.2, 0.25) is 0 Å². The van der Waals surface area contributed by atoms with Gasteiger partial charge in [-0.25, -0.2) is 4.98 Å². The maximum atomic E-state index is 5.74. The Labute approximate surface area is 132 Å². The number of ether oxygens (including phenoxy) is 1. The van der Waals surface area contributed by atoms with Gasteiger partial charge in [0, 0.05) is 41.8 Å². The third-order valence-corrected chi connectivity index (χ3v) is 3.82. The molecule has 6 heteroatoms. The molecule has 0 atom stereocenters. The Morgan fingerprint density at radius 2 is 2.14 bits per heavy atom. The zero-order valence-electron chi connectivity index (χ0n) is 12.0. The Morgan fingerprint density at radius 1 is 1.29 bits per heavy atom. The highest BCUT2D eigenvalue weighted by Gasteiger charge is 2.17. The minimum atomic E-state index is 0.619. The van der Waals surface area contributed by atoms with Crippen molar-refractivity contribution in [2.75, 3.05) is 24.3 Å². The summed E-state index contributed by atoms with van der Waals surface area (Å²) in [5.74, 6) is 2.43. The Hall–Kier alpha value is -1.82. The lowest BCUT2D eigenvalue weighted by Crippen LogP contribution is -2.06. The molecule has 0 amide bonds. The summed E-state index contributed by atoms with van der Waals surface area (Å²) in [6.07, 6.45) is 0.971. The Morgan fingerprint density at radius 3 is 2.95 bits per heavy atom. The van der Waals surface area contributed by atoms with Gasteiger partial charge in [0.15, 0.2) is 0 Å². The molecule has 0 saturated carbocycles. The maximum Gasteiger partial charge on any atom is 0.224 e. The summed E-state index contributed by atoms with van der Waals surface area (Å²) in [7, 11) is 1.81. The average Bonchev–Trinajstić information content (AvgIpc) is 2.92. The minimum Gasteiger partial charge on any atom is -0.493 e. The third kappa shape index (κ3) is 3.10. The first-order valence-electron chi connectivity index (χ1n) is 6.87. The summed E-state index contributed by atoms with van der Waals surface area (Å²) < 4.78 is 6.82. The fourth-order valence-corrected chi connectivity index (χ4v) is 2.99. The highest BCUT2D eigenvalue weighted by molar-refractivity contribution is 9.10. The fraction of sp³-hybridized carbons (Fsp3) is 0.333. The molecule has 0 bridgehead atoms. The highest BCUT2D eigenvalue weighted by atomic mass is 79.9. The van der Waals surface area contributed by atoms with Gasteiger partial charge < -0.3 is 15.4 Å². The minimum absolute atomic E-state index is 0.619. The van der Waals surface area contributed by atoms with Gasteiger partial charge in [-0.05, 0) is 24.6 Å². The second kappa shape index (κ2) is 5.89. The summed E-state index contributed by atoms with van der Waals surface area (Å²) in [4.78, 5) is 8.68. The SMILES string of the molecule is CNc1nc(C)cc(NCc2cc(Br)cc3c2OCC3)n1. The van der Waals surface area contributed by atoms with Gasteiger partial charge in [0.25, 0.3) is 0 Å². The average molecular weight is 349 g/mol. The standard InChI is InChI=1S/C15H17BrN4O/c1-9-5-13(20-15(17-2)19-9)18-8-11-7-12(16)6-10-3-4-21-14(10)11/h5-7H,3-4,8H2,1-2H3,(H2,17,18,19,20). The van der Waals surface area contributed by atoms with Crippen LogP contribution < -0.4 is 15.4 Å². The van der Waals surface area contributed by atoms with Crippen LogP contribution in [0.25, 0.3) is 0 Å². The van der Waals surface area contributed by atoms with Crippen molar-refractivity contribution < 1.29 is 4.74 Å². The van der Waals surface area contributed by atoms with Gasteiger partial charge in [0.05, 0.1) is 6.61 Å². The lowest BCUT2D eigenvalue weighted by molar-refractivity contribution is 0.354. The summed E-state index contributed by atoms with van der Waals surface area (Å²) in [5.41, 5.74) is 3.32. The molecule has 2 N–H and O–H groups in total. The number of rotatable bonds is 4. The number of fused-ring (bicyclic) bond motifs is 1. The van der Waals surface area contributed by atoms with Crippen molar-refractivity contribution in [1.82, 2.24) is 9.97 Å². The van der Waals surface area contributed by atoms with E-state index in [4.69, 9.17) is 4.74 Å². The Balaban J connectivity index is 1.81. The van der Waals surface area contributed by atoms with Crippen LogP contribution in [0.4, 0.5) is 11.8 Å². The number of halogens is 1. The van der Waals surface area contributed by atoms with Crippen molar-refractivity contribution >= 4 is 27.7 Å². The van der Waals surface area contributed by atoms with E-state index < -0.39 is 0 Å². The predicted octanol–water partition coefficient (Wildman–Crippen LogP) is 3.14. The second-order valence-corrected chi connectivity index (χ2v) is 5.89. The van der Waals surface area contributed by atoms with Gasteiger partial charge in [0.1, 0.15) is 11.6 Å². The van der Waals surface area contributed by atoms with Crippen LogP contribution in [-0.4, -0.2) is 23.6 Å². The third-order valence-electron chi connectivity index (χ3n) is 3.36. The van der Waals surface area contributed by atoms with Crippen LogP contribution in [0.5, 0.6) is 5.75 Å². The molecule has 2 heterocycles. The van der Waals surface area contributed by atoms with E-state index >= 15 is 0 Å². The fourth-order valence-electron chi connectivity index (χ4n) is 2.43. The number of aromatic nitrogens is 2. The van der Waals surface area contributed by atoms with Gasteiger partial charge in [-0.3, -0.25) is 0 Å². The van der Waals surface area contributed by atoms with Crippen molar-refractivity contribution in [2.24, 2.45) is 0 Å². The second-order valence-electron chi connectivity index (χ2n) is 4.97. The maximum absolute atomic E-state index is 5.74. The summed E-state index contributed by atoms with van der Waals surface area (Å²) in [6, 6.07) is 6.14. The van der Waals surface area contributed by atoms with E-state index in [0.29, 0.717) is 12.5 Å². The normalized spacial score (nSPS) is 12.7. The van der Waals surface area contributed by atoms with Crippen LogP contribution in [0.1, 0.15) is 16.8 Å². The molecule has 0 fully saturated rings. The molecule has 0 aliphatic carbocycles. The summed E-state index contributed by atoms with van der Waals surface area (Å²) in [6.45, 7) is 3.38. The van der Waals surface area contributed by atoms with Crippen molar-refractivity contribution in [2.45, 2.75) is 19.9 Å².